The van der Waals surface area contributed by atoms with Crippen LogP contribution in [-0.4, -0.2) is 29.6 Å². The lowest BCUT2D eigenvalue weighted by Crippen LogP contribution is -2.42. The SMILES string of the molecule is COC(=O)/C(=[N+](/[O-])C1CCCCC1)C(C)(C)C#N. The van der Waals surface area contributed by atoms with E-state index in [1.165, 1.54) is 7.11 Å². The Morgan fingerprint density at radius 1 is 1.39 bits per heavy atom. The Morgan fingerprint density at radius 3 is 2.39 bits per heavy atom. The van der Waals surface area contributed by atoms with Gasteiger partial charge < -0.3 is 9.94 Å². The second-order valence-electron chi connectivity index (χ2n) is 5.19. The van der Waals surface area contributed by atoms with E-state index in [1.54, 1.807) is 13.8 Å². The minimum Gasteiger partial charge on any atom is -0.623 e. The number of ether oxygens (including phenoxy) is 1. The lowest BCUT2D eigenvalue weighted by atomic mass is 9.87. The smallest absolute Gasteiger partial charge is 0.401 e. The third kappa shape index (κ3) is 3.00. The Balaban J connectivity index is 3.14. The maximum Gasteiger partial charge on any atom is 0.401 e. The molecule has 0 amide bonds. The molecule has 0 unspecified atom stereocenters. The van der Waals surface area contributed by atoms with Crippen molar-refractivity contribution in [2.75, 3.05) is 7.11 Å². The van der Waals surface area contributed by atoms with Crippen molar-refractivity contribution >= 4 is 11.7 Å². The zero-order valence-electron chi connectivity index (χ0n) is 11.2. The lowest BCUT2D eigenvalue weighted by molar-refractivity contribution is -0.508. The first-order chi connectivity index (χ1) is 8.44. The first-order valence-corrected chi connectivity index (χ1v) is 6.27. The number of nitriles is 1. The van der Waals surface area contributed by atoms with E-state index in [1.807, 2.05) is 6.07 Å². The van der Waals surface area contributed by atoms with Crippen molar-refractivity contribution in [3.05, 3.63) is 5.21 Å². The second kappa shape index (κ2) is 5.85. The molecule has 0 aliphatic heterocycles. The van der Waals surface area contributed by atoms with Crippen LogP contribution in [0.4, 0.5) is 0 Å². The third-order valence-corrected chi connectivity index (χ3v) is 3.38. The first-order valence-electron chi connectivity index (χ1n) is 6.27. The monoisotopic (exact) mass is 252 g/mol. The van der Waals surface area contributed by atoms with Gasteiger partial charge in [0.15, 0.2) is 6.04 Å². The molecular weight excluding hydrogens is 232 g/mol. The van der Waals surface area contributed by atoms with Crippen molar-refractivity contribution in [3.8, 4) is 6.07 Å². The third-order valence-electron chi connectivity index (χ3n) is 3.38. The van der Waals surface area contributed by atoms with Crippen molar-refractivity contribution in [2.24, 2.45) is 5.41 Å². The van der Waals surface area contributed by atoms with Crippen molar-refractivity contribution in [2.45, 2.75) is 52.0 Å². The molecule has 0 aromatic heterocycles. The van der Waals surface area contributed by atoms with Gasteiger partial charge in [-0.1, -0.05) is 6.42 Å². The summed E-state index contributed by atoms with van der Waals surface area (Å²) in [5.74, 6) is -0.706. The van der Waals surface area contributed by atoms with Gasteiger partial charge in [0, 0.05) is 12.8 Å². The molecule has 0 atom stereocenters. The highest BCUT2D eigenvalue weighted by atomic mass is 16.5. The fraction of sp³-hybridized carbons (Fsp3) is 0.769. The Hall–Kier alpha value is -1.57. The fourth-order valence-electron chi connectivity index (χ4n) is 2.27. The summed E-state index contributed by atoms with van der Waals surface area (Å²) in [4.78, 5) is 11.7. The molecule has 1 aliphatic carbocycles. The normalized spacial score (nSPS) is 18.8. The van der Waals surface area contributed by atoms with Crippen molar-refractivity contribution in [1.29, 1.82) is 5.26 Å². The average molecular weight is 252 g/mol. The van der Waals surface area contributed by atoms with Crippen LogP contribution in [0.2, 0.25) is 0 Å². The van der Waals surface area contributed by atoms with E-state index in [4.69, 9.17) is 5.26 Å². The van der Waals surface area contributed by atoms with Crippen LogP contribution in [-0.2, 0) is 9.53 Å². The number of nitrogens with zero attached hydrogens (tertiary/aromatic N) is 2. The molecule has 18 heavy (non-hydrogen) atoms. The minimum absolute atomic E-state index is 0.0839. The standard InChI is InChI=1S/C13H20N2O3/c1-13(2,9-14)11(12(16)18-3)15(17)10-7-5-4-6-8-10/h10H,4-8H2,1-3H3/b15-11-. The number of carbonyl (C=O) groups excluding carboxylic acids is 1. The van der Waals surface area contributed by atoms with Crippen LogP contribution < -0.4 is 0 Å². The molecule has 0 aromatic rings. The topological polar surface area (TPSA) is 76.2 Å². The number of hydrogen-bond donors (Lipinski definition) is 0. The van der Waals surface area contributed by atoms with Crippen LogP contribution in [0.15, 0.2) is 0 Å². The summed E-state index contributed by atoms with van der Waals surface area (Å²) in [6.45, 7) is 3.12. The maximum absolute atomic E-state index is 12.3. The van der Waals surface area contributed by atoms with E-state index in [-0.39, 0.29) is 11.8 Å². The zero-order valence-corrected chi connectivity index (χ0v) is 11.2. The molecule has 0 saturated heterocycles. The Kier molecular flexibility index (Phi) is 4.71. The highest BCUT2D eigenvalue weighted by molar-refractivity contribution is 6.36. The summed E-state index contributed by atoms with van der Waals surface area (Å²) in [6.07, 6.45) is 4.65. The molecule has 1 saturated carbocycles. The van der Waals surface area contributed by atoms with Crippen molar-refractivity contribution < 1.29 is 14.3 Å². The summed E-state index contributed by atoms with van der Waals surface area (Å²) in [5, 5.41) is 21.4. The number of hydroxylamine groups is 1. The molecule has 0 aromatic carbocycles. The van der Waals surface area contributed by atoms with Gasteiger partial charge in [0.05, 0.1) is 13.2 Å². The van der Waals surface area contributed by atoms with Gasteiger partial charge in [0.25, 0.3) is 5.71 Å². The Morgan fingerprint density at radius 2 is 1.94 bits per heavy atom. The predicted molar refractivity (Wildman–Crippen MR) is 66.9 cm³/mol. The van der Waals surface area contributed by atoms with E-state index in [9.17, 15) is 10.0 Å². The molecule has 1 fully saturated rings. The van der Waals surface area contributed by atoms with Crippen LogP contribution in [0.1, 0.15) is 46.0 Å². The lowest BCUT2D eigenvalue weighted by Gasteiger charge is -2.25. The largest absolute Gasteiger partial charge is 0.623 e. The molecule has 5 heteroatoms. The fourth-order valence-corrected chi connectivity index (χ4v) is 2.27. The summed E-state index contributed by atoms with van der Waals surface area (Å²) in [6, 6.07) is 1.79. The first kappa shape index (κ1) is 14.5. The van der Waals surface area contributed by atoms with Crippen LogP contribution in [0.25, 0.3) is 0 Å². The molecule has 0 N–H and O–H groups in total. The van der Waals surface area contributed by atoms with Crippen LogP contribution in [0, 0.1) is 22.0 Å². The van der Waals surface area contributed by atoms with Gasteiger partial charge in [-0.2, -0.15) is 10.0 Å². The van der Waals surface area contributed by atoms with E-state index < -0.39 is 11.4 Å². The number of esters is 1. The Labute approximate surface area is 108 Å². The molecule has 5 nitrogen and oxygen atoms in total. The van der Waals surface area contributed by atoms with Crippen molar-refractivity contribution in [1.82, 2.24) is 0 Å². The highest BCUT2D eigenvalue weighted by Crippen LogP contribution is 2.24. The van der Waals surface area contributed by atoms with Gasteiger partial charge >= 0.3 is 5.97 Å². The van der Waals surface area contributed by atoms with Gasteiger partial charge in [-0.25, -0.2) is 4.79 Å². The average Bonchev–Trinajstić information content (AvgIpc) is 2.39. The number of methoxy groups -OCH3 is 1. The molecular formula is C13H20N2O3. The van der Waals surface area contributed by atoms with Crippen molar-refractivity contribution in [3.63, 3.8) is 0 Å². The molecule has 1 aliphatic rings. The highest BCUT2D eigenvalue weighted by Gasteiger charge is 2.41. The van der Waals surface area contributed by atoms with Crippen LogP contribution >= 0.6 is 0 Å². The van der Waals surface area contributed by atoms with E-state index in [0.717, 1.165) is 32.1 Å². The van der Waals surface area contributed by atoms with Gasteiger partial charge in [-0.05, 0) is 26.7 Å². The molecule has 100 valence electrons. The minimum atomic E-state index is -1.13. The van der Waals surface area contributed by atoms with E-state index >= 15 is 0 Å². The van der Waals surface area contributed by atoms with Gasteiger partial charge in [-0.3, -0.25) is 0 Å². The molecule has 1 rings (SSSR count). The number of carbonyl (C=O) groups is 1. The molecule has 0 radical (unpaired) electrons. The van der Waals surface area contributed by atoms with Crippen LogP contribution in [0.5, 0.6) is 0 Å². The summed E-state index contributed by atoms with van der Waals surface area (Å²) in [5.41, 5.74) is -1.22. The second-order valence-corrected chi connectivity index (χ2v) is 5.19. The number of rotatable bonds is 3. The molecule has 0 heterocycles. The molecule has 0 spiro atoms. The quantitative estimate of drug-likeness (QED) is 0.253. The zero-order chi connectivity index (χ0) is 13.8. The molecule has 0 bridgehead atoms. The van der Waals surface area contributed by atoms with Gasteiger partial charge in [-0.15, -0.1) is 0 Å². The van der Waals surface area contributed by atoms with Gasteiger partial charge in [0.2, 0.25) is 0 Å². The van der Waals surface area contributed by atoms with Gasteiger partial charge in [0.1, 0.15) is 5.41 Å². The predicted octanol–water partition coefficient (Wildman–Crippen LogP) is 1.99. The maximum atomic E-state index is 12.3. The summed E-state index contributed by atoms with van der Waals surface area (Å²) >= 11 is 0. The summed E-state index contributed by atoms with van der Waals surface area (Å²) in [7, 11) is 1.23. The van der Waals surface area contributed by atoms with E-state index in [0.29, 0.717) is 4.74 Å². The van der Waals surface area contributed by atoms with Crippen LogP contribution in [0.3, 0.4) is 0 Å². The summed E-state index contributed by atoms with van der Waals surface area (Å²) < 4.78 is 5.36. The number of hydrogen-bond acceptors (Lipinski definition) is 4. The Bertz CT molecular complexity index is 388. The van der Waals surface area contributed by atoms with E-state index in [2.05, 4.69) is 4.74 Å².